The first-order valence-corrected chi connectivity index (χ1v) is 3.23. The van der Waals surface area contributed by atoms with Crippen molar-refractivity contribution in [3.05, 3.63) is 0 Å². The van der Waals surface area contributed by atoms with Gasteiger partial charge in [0.25, 0.3) is 0 Å². The highest BCUT2D eigenvalue weighted by atomic mass is 16.5. The van der Waals surface area contributed by atoms with Crippen LogP contribution < -0.4 is 11.5 Å². The lowest BCUT2D eigenvalue weighted by Crippen LogP contribution is -2.38. The summed E-state index contributed by atoms with van der Waals surface area (Å²) < 4.78 is 9.09. The summed E-state index contributed by atoms with van der Waals surface area (Å²) in [4.78, 5) is 10.7. The van der Waals surface area contributed by atoms with E-state index in [4.69, 9.17) is 16.2 Å². The Bertz CT molecular complexity index is 129. The first-order chi connectivity index (χ1) is 5.11. The molecule has 0 radical (unpaired) electrons. The quantitative estimate of drug-likeness (QED) is 0.401. The normalized spacial score (nSPS) is 15.6. The van der Waals surface area contributed by atoms with Crippen molar-refractivity contribution in [2.24, 2.45) is 11.5 Å². The van der Waals surface area contributed by atoms with Crippen LogP contribution in [0.15, 0.2) is 0 Å². The molecule has 0 spiro atoms. The molecule has 66 valence electrons. The van der Waals surface area contributed by atoms with Crippen LogP contribution in [0.4, 0.5) is 0 Å². The molecule has 2 atom stereocenters. The van der Waals surface area contributed by atoms with Gasteiger partial charge in [-0.1, -0.05) is 0 Å². The number of esters is 1. The lowest BCUT2D eigenvalue weighted by molar-refractivity contribution is -0.143. The van der Waals surface area contributed by atoms with Gasteiger partial charge in [-0.2, -0.15) is 0 Å². The van der Waals surface area contributed by atoms with Gasteiger partial charge in [-0.25, -0.2) is 0 Å². The SMILES string of the molecule is COC(=O)C(N)CC(N)OC. The third-order valence-corrected chi connectivity index (χ3v) is 1.29. The molecule has 4 N–H and O–H groups in total. The van der Waals surface area contributed by atoms with E-state index in [9.17, 15) is 4.79 Å². The summed E-state index contributed by atoms with van der Waals surface area (Å²) >= 11 is 0. The van der Waals surface area contributed by atoms with E-state index in [1.165, 1.54) is 14.2 Å². The minimum Gasteiger partial charge on any atom is -0.468 e. The minimum absolute atomic E-state index is 0.267. The van der Waals surface area contributed by atoms with Crippen molar-refractivity contribution in [2.75, 3.05) is 14.2 Å². The molecule has 11 heavy (non-hydrogen) atoms. The van der Waals surface area contributed by atoms with Crippen LogP contribution in [0.2, 0.25) is 0 Å². The maximum Gasteiger partial charge on any atom is 0.322 e. The fourth-order valence-electron chi connectivity index (χ4n) is 0.594. The molecule has 0 saturated carbocycles. The third-order valence-electron chi connectivity index (χ3n) is 1.29. The number of hydrogen-bond donors (Lipinski definition) is 2. The molecule has 0 fully saturated rings. The Hall–Kier alpha value is -0.650. The number of rotatable bonds is 4. The second kappa shape index (κ2) is 5.06. The van der Waals surface area contributed by atoms with E-state index in [0.717, 1.165) is 0 Å². The highest BCUT2D eigenvalue weighted by molar-refractivity contribution is 5.75. The van der Waals surface area contributed by atoms with Gasteiger partial charge in [-0.05, 0) is 0 Å². The minimum atomic E-state index is -0.699. The molecule has 0 aliphatic heterocycles. The van der Waals surface area contributed by atoms with E-state index in [2.05, 4.69) is 4.74 Å². The van der Waals surface area contributed by atoms with Crippen LogP contribution in [0, 0.1) is 0 Å². The first kappa shape index (κ1) is 10.3. The Kier molecular flexibility index (Phi) is 4.76. The van der Waals surface area contributed by atoms with Crippen molar-refractivity contribution < 1.29 is 14.3 Å². The summed E-state index contributed by atoms with van der Waals surface area (Å²) in [5.41, 5.74) is 10.7. The van der Waals surface area contributed by atoms with Gasteiger partial charge < -0.3 is 20.9 Å². The van der Waals surface area contributed by atoms with Gasteiger partial charge in [0.15, 0.2) is 0 Å². The standard InChI is InChI=1S/C6H14N2O3/c1-10-5(8)3-4(7)6(9)11-2/h4-5H,3,7-8H2,1-2H3. The molecule has 0 amide bonds. The van der Waals surface area contributed by atoms with Gasteiger partial charge in [0, 0.05) is 13.5 Å². The zero-order valence-corrected chi connectivity index (χ0v) is 6.74. The van der Waals surface area contributed by atoms with E-state index >= 15 is 0 Å². The van der Waals surface area contributed by atoms with Crippen molar-refractivity contribution in [3.63, 3.8) is 0 Å². The predicted molar refractivity (Wildman–Crippen MR) is 39.6 cm³/mol. The molecule has 0 aliphatic carbocycles. The van der Waals surface area contributed by atoms with Gasteiger partial charge in [0.05, 0.1) is 7.11 Å². The number of nitrogens with two attached hydrogens (primary N) is 2. The van der Waals surface area contributed by atoms with Gasteiger partial charge in [0.1, 0.15) is 12.3 Å². The molecule has 5 nitrogen and oxygen atoms in total. The van der Waals surface area contributed by atoms with Crippen molar-refractivity contribution in [1.29, 1.82) is 0 Å². The van der Waals surface area contributed by atoms with E-state index in [0.29, 0.717) is 0 Å². The smallest absolute Gasteiger partial charge is 0.322 e. The van der Waals surface area contributed by atoms with E-state index in [1.807, 2.05) is 0 Å². The highest BCUT2D eigenvalue weighted by Gasteiger charge is 2.16. The Morgan fingerprint density at radius 2 is 2.00 bits per heavy atom. The second-order valence-electron chi connectivity index (χ2n) is 2.14. The largest absolute Gasteiger partial charge is 0.468 e. The van der Waals surface area contributed by atoms with Crippen LogP contribution in [-0.2, 0) is 14.3 Å². The fraction of sp³-hybridized carbons (Fsp3) is 0.833. The Labute approximate surface area is 65.6 Å². The van der Waals surface area contributed by atoms with Crippen LogP contribution in [0.3, 0.4) is 0 Å². The molecule has 5 heteroatoms. The van der Waals surface area contributed by atoms with Crippen LogP contribution >= 0.6 is 0 Å². The summed E-state index contributed by atoms with van der Waals surface area (Å²) in [5.74, 6) is -0.475. The Morgan fingerprint density at radius 3 is 2.36 bits per heavy atom. The van der Waals surface area contributed by atoms with Gasteiger partial charge in [-0.15, -0.1) is 0 Å². The van der Waals surface area contributed by atoms with Crippen LogP contribution in [-0.4, -0.2) is 32.5 Å². The van der Waals surface area contributed by atoms with Crippen molar-refractivity contribution >= 4 is 5.97 Å². The monoisotopic (exact) mass is 162 g/mol. The number of hydrogen-bond acceptors (Lipinski definition) is 5. The third kappa shape index (κ3) is 3.92. The molecule has 0 aromatic heterocycles. The molecule has 0 saturated heterocycles. The Morgan fingerprint density at radius 1 is 1.45 bits per heavy atom. The molecule has 0 heterocycles. The van der Waals surface area contributed by atoms with Crippen LogP contribution in [0.5, 0.6) is 0 Å². The molecule has 0 aromatic rings. The summed E-state index contributed by atoms with van der Waals surface area (Å²) in [6.45, 7) is 0. The van der Waals surface area contributed by atoms with Crippen LogP contribution in [0.25, 0.3) is 0 Å². The molecule has 0 bridgehead atoms. The van der Waals surface area contributed by atoms with Gasteiger partial charge in [0.2, 0.25) is 0 Å². The zero-order valence-electron chi connectivity index (χ0n) is 6.74. The maximum absolute atomic E-state index is 10.7. The molecule has 2 unspecified atom stereocenters. The molecule has 0 aromatic carbocycles. The Balaban J connectivity index is 3.67. The van der Waals surface area contributed by atoms with E-state index in [-0.39, 0.29) is 6.42 Å². The average molecular weight is 162 g/mol. The summed E-state index contributed by atoms with van der Waals surface area (Å²) in [5, 5.41) is 0. The van der Waals surface area contributed by atoms with E-state index < -0.39 is 18.2 Å². The highest BCUT2D eigenvalue weighted by Crippen LogP contribution is 1.95. The predicted octanol–water partition coefficient (Wildman–Crippen LogP) is -1.19. The van der Waals surface area contributed by atoms with Gasteiger partial charge in [-0.3, -0.25) is 4.79 Å². The number of ether oxygens (including phenoxy) is 2. The topological polar surface area (TPSA) is 87.6 Å². The molecular weight excluding hydrogens is 148 g/mol. The number of methoxy groups -OCH3 is 2. The summed E-state index contributed by atoms with van der Waals surface area (Å²) in [6.07, 6.45) is -0.243. The van der Waals surface area contributed by atoms with Gasteiger partial charge >= 0.3 is 5.97 Å². The van der Waals surface area contributed by atoms with E-state index in [1.54, 1.807) is 0 Å². The summed E-state index contributed by atoms with van der Waals surface area (Å²) in [7, 11) is 2.73. The lowest BCUT2D eigenvalue weighted by Gasteiger charge is -2.13. The van der Waals surface area contributed by atoms with Crippen molar-refractivity contribution in [2.45, 2.75) is 18.7 Å². The number of carbonyl (C=O) groups excluding carboxylic acids is 1. The zero-order chi connectivity index (χ0) is 8.85. The molecule has 0 rings (SSSR count). The lowest BCUT2D eigenvalue weighted by atomic mass is 10.2. The second-order valence-corrected chi connectivity index (χ2v) is 2.14. The molecule has 0 aliphatic rings. The maximum atomic E-state index is 10.7. The fourth-order valence-corrected chi connectivity index (χ4v) is 0.594. The summed E-state index contributed by atoms with van der Waals surface area (Å²) in [6, 6.07) is -0.699. The van der Waals surface area contributed by atoms with Crippen molar-refractivity contribution in [1.82, 2.24) is 0 Å². The average Bonchev–Trinajstić information content (AvgIpc) is 2.02. The van der Waals surface area contributed by atoms with Crippen LogP contribution in [0.1, 0.15) is 6.42 Å². The van der Waals surface area contributed by atoms with Crippen molar-refractivity contribution in [3.8, 4) is 0 Å². The number of carbonyl (C=O) groups is 1. The molecular formula is C6H14N2O3. The first-order valence-electron chi connectivity index (χ1n) is 3.23.